The molecule has 1 N–H and O–H groups in total. The van der Waals surface area contributed by atoms with E-state index in [1.807, 2.05) is 18.2 Å². The number of fused-ring (bicyclic) bond motifs is 1. The van der Waals surface area contributed by atoms with E-state index in [0.717, 1.165) is 10.8 Å². The zero-order chi connectivity index (χ0) is 10.8. The standard InChI is InChI=1S/C12H12O3/c1-14-9-5-3-8-4-6-11(15-2)12(13)10(8)7-9/h3-7,13H,1-2H3. The number of phenols is 1. The van der Waals surface area contributed by atoms with Crippen molar-refractivity contribution in [2.75, 3.05) is 14.2 Å². The van der Waals surface area contributed by atoms with Gasteiger partial charge in [-0.2, -0.15) is 0 Å². The second-order valence-electron chi connectivity index (χ2n) is 3.20. The molecule has 2 rings (SSSR count). The lowest BCUT2D eigenvalue weighted by molar-refractivity contribution is 0.376. The molecule has 78 valence electrons. The van der Waals surface area contributed by atoms with Crippen LogP contribution in [0.25, 0.3) is 10.8 Å². The summed E-state index contributed by atoms with van der Waals surface area (Å²) in [5.74, 6) is 1.33. The van der Waals surface area contributed by atoms with E-state index >= 15 is 0 Å². The van der Waals surface area contributed by atoms with Crippen molar-refractivity contribution in [3.05, 3.63) is 30.3 Å². The molecule has 0 heterocycles. The van der Waals surface area contributed by atoms with Crippen LogP contribution in [-0.2, 0) is 0 Å². The Balaban J connectivity index is 2.72. The van der Waals surface area contributed by atoms with Gasteiger partial charge in [0.15, 0.2) is 11.5 Å². The number of methoxy groups -OCH3 is 2. The van der Waals surface area contributed by atoms with Gasteiger partial charge in [-0.25, -0.2) is 0 Å². The van der Waals surface area contributed by atoms with Gasteiger partial charge < -0.3 is 14.6 Å². The normalized spacial score (nSPS) is 10.3. The third kappa shape index (κ3) is 1.56. The highest BCUT2D eigenvalue weighted by atomic mass is 16.5. The summed E-state index contributed by atoms with van der Waals surface area (Å²) >= 11 is 0. The van der Waals surface area contributed by atoms with Crippen LogP contribution < -0.4 is 9.47 Å². The molecular formula is C12H12O3. The molecule has 0 aromatic heterocycles. The zero-order valence-corrected chi connectivity index (χ0v) is 8.65. The van der Waals surface area contributed by atoms with Crippen LogP contribution in [0.3, 0.4) is 0 Å². The predicted molar refractivity (Wildman–Crippen MR) is 58.7 cm³/mol. The first-order valence-corrected chi connectivity index (χ1v) is 4.60. The average molecular weight is 204 g/mol. The Bertz CT molecular complexity index is 486. The lowest BCUT2D eigenvalue weighted by Gasteiger charge is -2.07. The number of ether oxygens (including phenoxy) is 2. The smallest absolute Gasteiger partial charge is 0.165 e. The molecule has 3 nitrogen and oxygen atoms in total. The number of hydrogen-bond donors (Lipinski definition) is 1. The first kappa shape index (κ1) is 9.65. The predicted octanol–water partition coefficient (Wildman–Crippen LogP) is 2.56. The number of hydrogen-bond acceptors (Lipinski definition) is 3. The van der Waals surface area contributed by atoms with Crippen molar-refractivity contribution in [1.82, 2.24) is 0 Å². The van der Waals surface area contributed by atoms with Crippen molar-refractivity contribution < 1.29 is 14.6 Å². The van der Waals surface area contributed by atoms with Crippen molar-refractivity contribution in [2.24, 2.45) is 0 Å². The summed E-state index contributed by atoms with van der Waals surface area (Å²) in [5.41, 5.74) is 0. The van der Waals surface area contributed by atoms with E-state index < -0.39 is 0 Å². The van der Waals surface area contributed by atoms with E-state index in [1.54, 1.807) is 19.2 Å². The van der Waals surface area contributed by atoms with E-state index in [0.29, 0.717) is 11.5 Å². The lowest BCUT2D eigenvalue weighted by atomic mass is 10.1. The van der Waals surface area contributed by atoms with Crippen LogP contribution in [0.2, 0.25) is 0 Å². The molecule has 0 aliphatic rings. The highest BCUT2D eigenvalue weighted by molar-refractivity contribution is 5.91. The molecule has 0 saturated carbocycles. The van der Waals surface area contributed by atoms with Gasteiger partial charge in [-0.05, 0) is 23.6 Å². The Morgan fingerprint density at radius 1 is 1.00 bits per heavy atom. The Morgan fingerprint density at radius 2 is 1.73 bits per heavy atom. The van der Waals surface area contributed by atoms with Crippen molar-refractivity contribution in [3.8, 4) is 17.2 Å². The molecule has 0 radical (unpaired) electrons. The quantitative estimate of drug-likeness (QED) is 0.817. The molecule has 0 aliphatic heterocycles. The first-order valence-electron chi connectivity index (χ1n) is 4.60. The molecule has 0 fully saturated rings. The maximum absolute atomic E-state index is 9.89. The van der Waals surface area contributed by atoms with E-state index in [9.17, 15) is 5.11 Å². The number of rotatable bonds is 2. The number of phenolic OH excluding ortho intramolecular Hbond substituents is 1. The molecule has 2 aromatic carbocycles. The summed E-state index contributed by atoms with van der Waals surface area (Å²) in [5, 5.41) is 11.6. The summed E-state index contributed by atoms with van der Waals surface area (Å²) in [6.07, 6.45) is 0. The fraction of sp³-hybridized carbons (Fsp3) is 0.167. The maximum Gasteiger partial charge on any atom is 0.165 e. The summed E-state index contributed by atoms with van der Waals surface area (Å²) in [6, 6.07) is 9.17. The van der Waals surface area contributed by atoms with E-state index in [4.69, 9.17) is 9.47 Å². The van der Waals surface area contributed by atoms with E-state index in [-0.39, 0.29) is 5.75 Å². The largest absolute Gasteiger partial charge is 0.504 e. The van der Waals surface area contributed by atoms with Gasteiger partial charge in [-0.15, -0.1) is 0 Å². The molecule has 0 amide bonds. The van der Waals surface area contributed by atoms with Crippen LogP contribution >= 0.6 is 0 Å². The summed E-state index contributed by atoms with van der Waals surface area (Å²) in [7, 11) is 3.12. The van der Waals surface area contributed by atoms with Gasteiger partial charge in [0.1, 0.15) is 5.75 Å². The second-order valence-corrected chi connectivity index (χ2v) is 3.20. The Hall–Kier alpha value is -1.90. The second kappa shape index (κ2) is 3.69. The van der Waals surface area contributed by atoms with Gasteiger partial charge >= 0.3 is 0 Å². The number of aromatic hydroxyl groups is 1. The van der Waals surface area contributed by atoms with Gasteiger partial charge in [0.25, 0.3) is 0 Å². The topological polar surface area (TPSA) is 38.7 Å². The van der Waals surface area contributed by atoms with Crippen LogP contribution in [0, 0.1) is 0 Å². The summed E-state index contributed by atoms with van der Waals surface area (Å²) in [4.78, 5) is 0. The SMILES string of the molecule is COc1ccc2ccc(OC)c(O)c2c1. The Morgan fingerprint density at radius 3 is 2.40 bits per heavy atom. The molecular weight excluding hydrogens is 192 g/mol. The average Bonchev–Trinajstić information content (AvgIpc) is 2.29. The zero-order valence-electron chi connectivity index (χ0n) is 8.65. The molecule has 3 heteroatoms. The van der Waals surface area contributed by atoms with E-state index in [2.05, 4.69) is 0 Å². The molecule has 0 spiro atoms. The van der Waals surface area contributed by atoms with Crippen LogP contribution in [0.4, 0.5) is 0 Å². The highest BCUT2D eigenvalue weighted by Gasteiger charge is 2.07. The first-order chi connectivity index (χ1) is 7.26. The minimum atomic E-state index is 0.147. The molecule has 0 atom stereocenters. The minimum absolute atomic E-state index is 0.147. The van der Waals surface area contributed by atoms with Crippen molar-refractivity contribution in [1.29, 1.82) is 0 Å². The molecule has 0 unspecified atom stereocenters. The fourth-order valence-corrected chi connectivity index (χ4v) is 1.55. The Kier molecular flexibility index (Phi) is 2.37. The highest BCUT2D eigenvalue weighted by Crippen LogP contribution is 2.35. The summed E-state index contributed by atoms with van der Waals surface area (Å²) in [6.45, 7) is 0. The van der Waals surface area contributed by atoms with Crippen molar-refractivity contribution in [2.45, 2.75) is 0 Å². The minimum Gasteiger partial charge on any atom is -0.504 e. The van der Waals surface area contributed by atoms with Crippen LogP contribution in [0.1, 0.15) is 0 Å². The molecule has 0 aliphatic carbocycles. The monoisotopic (exact) mass is 204 g/mol. The fourth-order valence-electron chi connectivity index (χ4n) is 1.55. The van der Waals surface area contributed by atoms with Gasteiger partial charge in [0, 0.05) is 5.39 Å². The Labute approximate surface area is 87.9 Å². The van der Waals surface area contributed by atoms with Crippen molar-refractivity contribution >= 4 is 10.8 Å². The maximum atomic E-state index is 9.89. The molecule has 0 saturated heterocycles. The van der Waals surface area contributed by atoms with Gasteiger partial charge in [0.2, 0.25) is 0 Å². The molecule has 2 aromatic rings. The van der Waals surface area contributed by atoms with Gasteiger partial charge in [0.05, 0.1) is 14.2 Å². The third-order valence-corrected chi connectivity index (χ3v) is 2.38. The van der Waals surface area contributed by atoms with Crippen molar-refractivity contribution in [3.63, 3.8) is 0 Å². The van der Waals surface area contributed by atoms with Crippen LogP contribution in [0.15, 0.2) is 30.3 Å². The molecule has 0 bridgehead atoms. The van der Waals surface area contributed by atoms with E-state index in [1.165, 1.54) is 7.11 Å². The number of benzene rings is 2. The van der Waals surface area contributed by atoms with Crippen LogP contribution in [-0.4, -0.2) is 19.3 Å². The lowest BCUT2D eigenvalue weighted by Crippen LogP contribution is -1.86. The van der Waals surface area contributed by atoms with Gasteiger partial charge in [-0.1, -0.05) is 12.1 Å². The molecule has 15 heavy (non-hydrogen) atoms. The van der Waals surface area contributed by atoms with Gasteiger partial charge in [-0.3, -0.25) is 0 Å². The van der Waals surface area contributed by atoms with Crippen LogP contribution in [0.5, 0.6) is 17.2 Å². The summed E-state index contributed by atoms with van der Waals surface area (Å²) < 4.78 is 10.1. The third-order valence-electron chi connectivity index (χ3n) is 2.38.